The standard InChI is InChI=1S/C6H8O7.H3N.Na.H4O7P2/c7-3(8)1-6(13,5(11)12)2-4(9)10;;;1-8(2,3)7-9(4,5)6/h13H,1-2H2,(H,7,8)(H,9,10)(H,11,12);1H3;;(H2,1,2,3)(H2,4,5,6)/q;;+1;/p-1. The van der Waals surface area contributed by atoms with Crippen LogP contribution in [0.1, 0.15) is 12.8 Å². The largest absolute Gasteiger partial charge is 1.00 e. The van der Waals surface area contributed by atoms with Crippen LogP contribution in [0, 0.1) is 0 Å². The van der Waals surface area contributed by atoms with E-state index in [2.05, 4.69) is 4.31 Å². The molecule has 0 rings (SSSR count). The third kappa shape index (κ3) is 19.6. The van der Waals surface area contributed by atoms with Crippen molar-refractivity contribution in [3.8, 4) is 0 Å². The molecular weight excluding hydrogens is 395 g/mol. The number of rotatable bonds is 7. The van der Waals surface area contributed by atoms with E-state index < -0.39 is 52.0 Å². The summed E-state index contributed by atoms with van der Waals surface area (Å²) >= 11 is 0. The number of phosphoric acid groups is 2. The van der Waals surface area contributed by atoms with E-state index in [4.69, 9.17) is 35.1 Å². The van der Waals surface area contributed by atoms with Crippen LogP contribution in [-0.4, -0.2) is 58.6 Å². The molecule has 10 N–H and O–H groups in total. The zero-order valence-electron chi connectivity index (χ0n) is 12.0. The van der Waals surface area contributed by atoms with Crippen molar-refractivity contribution in [1.29, 1.82) is 0 Å². The Morgan fingerprint density at radius 3 is 1.33 bits per heavy atom. The van der Waals surface area contributed by atoms with E-state index in [0.717, 1.165) is 0 Å². The summed E-state index contributed by atoms with van der Waals surface area (Å²) in [5.74, 6) is -5.02. The third-order valence-corrected chi connectivity index (χ3v) is 3.17. The molecular formula is C6H14NNaO14P2. The zero-order chi connectivity index (χ0) is 18.4. The molecule has 0 aliphatic rings. The van der Waals surface area contributed by atoms with Gasteiger partial charge in [0.1, 0.15) is 0 Å². The third-order valence-electron chi connectivity index (χ3n) is 1.49. The molecule has 0 heterocycles. The van der Waals surface area contributed by atoms with E-state index in [1.54, 1.807) is 0 Å². The molecule has 0 radical (unpaired) electrons. The first-order valence-corrected chi connectivity index (χ1v) is 7.71. The first-order valence-electron chi connectivity index (χ1n) is 4.68. The van der Waals surface area contributed by atoms with Crippen molar-refractivity contribution in [3.63, 3.8) is 0 Å². The van der Waals surface area contributed by atoms with E-state index in [-0.39, 0.29) is 35.7 Å². The molecule has 1 unspecified atom stereocenters. The van der Waals surface area contributed by atoms with Gasteiger partial charge in [-0.2, -0.15) is 0 Å². The monoisotopic (exact) mass is 409 g/mol. The summed E-state index contributed by atoms with van der Waals surface area (Å²) in [6.45, 7) is 0. The Hall–Kier alpha value is -0.410. The second-order valence-electron chi connectivity index (χ2n) is 3.52. The van der Waals surface area contributed by atoms with Crippen LogP contribution in [0.25, 0.3) is 0 Å². The molecule has 138 valence electrons. The summed E-state index contributed by atoms with van der Waals surface area (Å²) in [6.07, 6.45) is -2.29. The van der Waals surface area contributed by atoms with Gasteiger partial charge in [-0.15, -0.1) is 0 Å². The molecule has 0 saturated heterocycles. The second-order valence-corrected chi connectivity index (χ2v) is 6.09. The smallest absolute Gasteiger partial charge is 0.756 e. The number of hydrogen-bond acceptors (Lipinski definition) is 9. The number of aliphatic hydroxyl groups is 1. The van der Waals surface area contributed by atoms with Crippen LogP contribution in [0.2, 0.25) is 0 Å². The minimum atomic E-state index is -5.30. The van der Waals surface area contributed by atoms with Crippen molar-refractivity contribution in [2.75, 3.05) is 0 Å². The normalized spacial score (nSPS) is 13.0. The molecule has 0 aliphatic carbocycles. The van der Waals surface area contributed by atoms with Crippen LogP contribution in [0.15, 0.2) is 0 Å². The van der Waals surface area contributed by atoms with Crippen molar-refractivity contribution in [1.82, 2.24) is 6.15 Å². The molecule has 0 bridgehead atoms. The Morgan fingerprint density at radius 2 is 1.25 bits per heavy atom. The fourth-order valence-corrected chi connectivity index (χ4v) is 1.92. The number of carboxylic acid groups (broad SMARTS) is 3. The van der Waals surface area contributed by atoms with Gasteiger partial charge in [-0.25, -0.2) is 13.7 Å². The molecule has 0 fully saturated rings. The van der Waals surface area contributed by atoms with Gasteiger partial charge in [0, 0.05) is 0 Å². The summed E-state index contributed by atoms with van der Waals surface area (Å²) in [7, 11) is -10.4. The Bertz CT molecular complexity index is 487. The van der Waals surface area contributed by atoms with E-state index in [9.17, 15) is 28.4 Å². The molecule has 15 nitrogen and oxygen atoms in total. The van der Waals surface area contributed by atoms with Gasteiger partial charge in [-0.05, 0) is 0 Å². The Kier molecular flexibility index (Phi) is 15.7. The van der Waals surface area contributed by atoms with Crippen molar-refractivity contribution >= 4 is 33.6 Å². The van der Waals surface area contributed by atoms with Crippen molar-refractivity contribution < 1.29 is 97.4 Å². The van der Waals surface area contributed by atoms with Crippen LogP contribution in [-0.2, 0) is 27.8 Å². The maximum Gasteiger partial charge on any atom is 1.00 e. The average molecular weight is 409 g/mol. The summed E-state index contributed by atoms with van der Waals surface area (Å²) in [5.41, 5.74) is -2.74. The summed E-state index contributed by atoms with van der Waals surface area (Å²) in [6, 6.07) is 0. The summed E-state index contributed by atoms with van der Waals surface area (Å²) < 4.78 is 21.9. The number of hydrogen-bond donors (Lipinski definition) is 8. The molecule has 0 aromatic heterocycles. The van der Waals surface area contributed by atoms with Gasteiger partial charge in [0.05, 0.1) is 12.8 Å². The van der Waals surface area contributed by atoms with Crippen molar-refractivity contribution in [3.05, 3.63) is 0 Å². The Labute approximate surface area is 155 Å². The van der Waals surface area contributed by atoms with Crippen molar-refractivity contribution in [2.45, 2.75) is 18.4 Å². The summed E-state index contributed by atoms with van der Waals surface area (Å²) in [5, 5.41) is 33.8. The molecule has 0 aromatic rings. The summed E-state index contributed by atoms with van der Waals surface area (Å²) in [4.78, 5) is 63.1. The van der Waals surface area contributed by atoms with E-state index in [1.165, 1.54) is 0 Å². The Morgan fingerprint density at radius 1 is 0.958 bits per heavy atom. The predicted octanol–water partition coefficient (Wildman–Crippen LogP) is -5.53. The maximum absolute atomic E-state index is 10.3. The van der Waals surface area contributed by atoms with Gasteiger partial charge in [0.15, 0.2) is 5.60 Å². The topological polar surface area (TPSA) is 294 Å². The van der Waals surface area contributed by atoms with Crippen LogP contribution < -0.4 is 40.6 Å². The second kappa shape index (κ2) is 12.0. The van der Waals surface area contributed by atoms with E-state index >= 15 is 0 Å². The number of carbonyl (C=O) groups is 3. The maximum atomic E-state index is 10.3. The van der Waals surface area contributed by atoms with Gasteiger partial charge in [-0.1, -0.05) is 0 Å². The predicted molar refractivity (Wildman–Crippen MR) is 65.1 cm³/mol. The molecule has 0 saturated carbocycles. The molecule has 24 heavy (non-hydrogen) atoms. The van der Waals surface area contributed by atoms with E-state index in [0.29, 0.717) is 0 Å². The number of aliphatic carboxylic acids is 3. The van der Waals surface area contributed by atoms with Gasteiger partial charge in [0.25, 0.3) is 7.82 Å². The van der Waals surface area contributed by atoms with Gasteiger partial charge >= 0.3 is 55.3 Å². The fraction of sp³-hybridized carbons (Fsp3) is 0.500. The van der Waals surface area contributed by atoms with Crippen LogP contribution >= 0.6 is 15.6 Å². The number of carboxylic acids is 3. The zero-order valence-corrected chi connectivity index (χ0v) is 15.8. The first kappa shape index (κ1) is 31.4. The quantitative estimate of drug-likeness (QED) is 0.144. The van der Waals surface area contributed by atoms with Gasteiger partial charge in [-0.3, -0.25) is 14.2 Å². The first-order chi connectivity index (χ1) is 9.48. The van der Waals surface area contributed by atoms with Crippen molar-refractivity contribution in [2.24, 2.45) is 0 Å². The van der Waals surface area contributed by atoms with Crippen LogP contribution in [0.4, 0.5) is 0 Å². The van der Waals surface area contributed by atoms with Gasteiger partial charge in [0.2, 0.25) is 0 Å². The Balaban J connectivity index is -0.000000162. The molecule has 0 spiro atoms. The fourth-order valence-electron chi connectivity index (χ4n) is 0.848. The molecule has 0 amide bonds. The minimum Gasteiger partial charge on any atom is -0.756 e. The minimum absolute atomic E-state index is 0. The average Bonchev–Trinajstić information content (AvgIpc) is 2.08. The van der Waals surface area contributed by atoms with Gasteiger partial charge < -0.3 is 46.2 Å². The van der Waals surface area contributed by atoms with E-state index in [1.807, 2.05) is 0 Å². The molecule has 18 heteroatoms. The van der Waals surface area contributed by atoms with Crippen LogP contribution in [0.5, 0.6) is 0 Å². The van der Waals surface area contributed by atoms with Crippen LogP contribution in [0.3, 0.4) is 0 Å². The SMILES string of the molecule is N.O=C(O)CC(O)(CC(=O)O)C(=O)O.O=P([O-])(O)OP(=O)(O)O.[Na+]. The molecule has 1 atom stereocenters. The molecule has 0 aliphatic heterocycles. The molecule has 0 aromatic carbocycles.